The van der Waals surface area contributed by atoms with Gasteiger partial charge in [-0.15, -0.1) is 0 Å². The number of alkyl halides is 1. The predicted octanol–water partition coefficient (Wildman–Crippen LogP) is 6.96. The molecular formula is C30H43FO5. The molecule has 36 heavy (non-hydrogen) atoms. The Bertz CT molecular complexity index is 875. The number of benzene rings is 1. The van der Waals surface area contributed by atoms with E-state index in [-0.39, 0.29) is 42.2 Å². The molecule has 1 N–H and O–H groups in total. The van der Waals surface area contributed by atoms with Crippen molar-refractivity contribution in [3.63, 3.8) is 0 Å². The number of hydrogen-bond acceptors (Lipinski definition) is 5. The van der Waals surface area contributed by atoms with Gasteiger partial charge in [-0.25, -0.2) is 9.59 Å². The smallest absolute Gasteiger partial charge is 0.371 e. The number of methoxy groups -OCH3 is 1. The molecule has 1 saturated carbocycles. The topological polar surface area (TPSA) is 72.8 Å². The van der Waals surface area contributed by atoms with E-state index < -0.39 is 11.8 Å². The fraction of sp³-hybridized carbons (Fsp3) is 0.600. The summed E-state index contributed by atoms with van der Waals surface area (Å²) in [5.41, 5.74) is 0.788. The van der Waals surface area contributed by atoms with Gasteiger partial charge in [0, 0.05) is 12.3 Å². The Morgan fingerprint density at radius 3 is 2.50 bits per heavy atom. The molecule has 0 aliphatic heterocycles. The highest BCUT2D eigenvalue weighted by atomic mass is 19.2. The van der Waals surface area contributed by atoms with Crippen LogP contribution in [0.2, 0.25) is 0 Å². The number of rotatable bonds is 14. The van der Waals surface area contributed by atoms with Crippen LogP contribution in [0.25, 0.3) is 0 Å². The van der Waals surface area contributed by atoms with Gasteiger partial charge in [0.1, 0.15) is 6.10 Å². The monoisotopic (exact) mass is 502 g/mol. The zero-order valence-electron chi connectivity index (χ0n) is 22.3. The first-order valence-electron chi connectivity index (χ1n) is 13.2. The van der Waals surface area contributed by atoms with Crippen LogP contribution < -0.4 is 0 Å². The predicted molar refractivity (Wildman–Crippen MR) is 140 cm³/mol. The summed E-state index contributed by atoms with van der Waals surface area (Å²) in [6, 6.07) is 9.00. The van der Waals surface area contributed by atoms with Gasteiger partial charge in [-0.1, -0.05) is 76.1 Å². The molecule has 0 aromatic heterocycles. The molecule has 6 heteroatoms. The van der Waals surface area contributed by atoms with Crippen molar-refractivity contribution in [3.8, 4) is 0 Å². The lowest BCUT2D eigenvalue weighted by Crippen LogP contribution is -2.34. The van der Waals surface area contributed by atoms with E-state index in [0.717, 1.165) is 26.4 Å². The first-order valence-corrected chi connectivity index (χ1v) is 13.2. The summed E-state index contributed by atoms with van der Waals surface area (Å²) in [6.07, 6.45) is 14.8. The van der Waals surface area contributed by atoms with Crippen molar-refractivity contribution in [2.75, 3.05) is 7.11 Å². The number of halogens is 1. The Morgan fingerprint density at radius 1 is 1.11 bits per heavy atom. The van der Waals surface area contributed by atoms with Crippen molar-refractivity contribution in [2.45, 2.75) is 90.5 Å². The van der Waals surface area contributed by atoms with Crippen molar-refractivity contribution in [3.05, 3.63) is 60.2 Å². The normalized spacial score (nSPS) is 22.1. The summed E-state index contributed by atoms with van der Waals surface area (Å²) >= 11 is 0. The van der Waals surface area contributed by atoms with Crippen LogP contribution in [0.1, 0.15) is 88.9 Å². The molecule has 4 atom stereocenters. The van der Waals surface area contributed by atoms with Crippen LogP contribution in [0.15, 0.2) is 54.6 Å². The maximum absolute atomic E-state index is 13.9. The molecule has 2 rings (SSSR count). The first-order chi connectivity index (χ1) is 17.1. The highest BCUT2D eigenvalue weighted by Crippen LogP contribution is 2.39. The minimum absolute atomic E-state index is 0.105. The zero-order chi connectivity index (χ0) is 26.6. The Hall–Kier alpha value is -2.47. The summed E-state index contributed by atoms with van der Waals surface area (Å²) in [5.74, 6) is -4.21. The number of ether oxygens (including phenoxy) is 2. The average Bonchev–Trinajstić information content (AvgIpc) is 3.23. The van der Waals surface area contributed by atoms with Crippen LogP contribution in [-0.4, -0.2) is 36.1 Å². The molecule has 0 spiro atoms. The third kappa shape index (κ3) is 9.53. The molecular weight excluding hydrogens is 459 g/mol. The maximum Gasteiger partial charge on any atom is 0.371 e. The molecule has 1 fully saturated rings. The number of carbonyl (C=O) groups excluding carboxylic acids is 2. The summed E-state index contributed by atoms with van der Waals surface area (Å²) in [7, 11) is 1.04. The number of unbranched alkanes of at least 4 members (excludes halogenated alkanes) is 1. The van der Waals surface area contributed by atoms with Crippen LogP contribution in [-0.2, 0) is 14.3 Å². The van der Waals surface area contributed by atoms with Gasteiger partial charge in [-0.05, 0) is 62.0 Å². The van der Waals surface area contributed by atoms with Gasteiger partial charge < -0.3 is 14.6 Å². The van der Waals surface area contributed by atoms with Gasteiger partial charge in [-0.2, -0.15) is 4.39 Å². The number of allylic oxidation sites excluding steroid dienone is 4. The maximum atomic E-state index is 13.9. The first kappa shape index (κ1) is 29.8. The highest BCUT2D eigenvalue weighted by Gasteiger charge is 2.37. The minimum atomic E-state index is -2.99. The lowest BCUT2D eigenvalue weighted by atomic mass is 9.83. The molecule has 5 nitrogen and oxygen atoms in total. The molecule has 1 aliphatic rings. The van der Waals surface area contributed by atoms with E-state index in [4.69, 9.17) is 4.74 Å². The second kappa shape index (κ2) is 14.3. The van der Waals surface area contributed by atoms with Crippen molar-refractivity contribution >= 4 is 11.9 Å². The van der Waals surface area contributed by atoms with Crippen molar-refractivity contribution in [2.24, 2.45) is 17.3 Å². The fourth-order valence-corrected chi connectivity index (χ4v) is 4.78. The van der Waals surface area contributed by atoms with Gasteiger partial charge in [0.25, 0.3) is 0 Å². The van der Waals surface area contributed by atoms with E-state index in [9.17, 15) is 19.1 Å². The van der Waals surface area contributed by atoms with Crippen LogP contribution in [0.5, 0.6) is 0 Å². The Balaban J connectivity index is 2.04. The molecule has 1 aromatic carbocycles. The number of hydrogen-bond donors (Lipinski definition) is 1. The summed E-state index contributed by atoms with van der Waals surface area (Å²) < 4.78 is 24.2. The molecule has 0 heterocycles. The third-order valence-corrected chi connectivity index (χ3v) is 7.06. The Labute approximate surface area is 215 Å². The van der Waals surface area contributed by atoms with Crippen molar-refractivity contribution < 1.29 is 28.6 Å². The average molecular weight is 503 g/mol. The molecule has 0 radical (unpaired) electrons. The second-order valence-corrected chi connectivity index (χ2v) is 10.6. The number of carbonyl (C=O) groups is 2. The van der Waals surface area contributed by atoms with Crippen molar-refractivity contribution in [1.29, 1.82) is 0 Å². The molecule has 0 amide bonds. The Morgan fingerprint density at radius 2 is 1.83 bits per heavy atom. The van der Waals surface area contributed by atoms with E-state index in [1.54, 1.807) is 18.2 Å². The standard InChI is InChI=1S/C30H43FO5/c1-5-6-20-29(2,3)21-13-16-23-18-19-26(36-27(32)24-14-9-7-10-15-24)25(23)17-11-8-12-22-30(31,34)28(33)35-4/h7-11,13-16,23,25-26,34H,5-6,12,17-22H2,1-4H3/t23-,25+,26-,30?/m0/s1. The molecule has 200 valence electrons. The number of aliphatic hydroxyl groups is 1. The van der Waals surface area contributed by atoms with Crippen LogP contribution in [0, 0.1) is 17.3 Å². The second-order valence-electron chi connectivity index (χ2n) is 10.6. The fourth-order valence-electron chi connectivity index (χ4n) is 4.78. The summed E-state index contributed by atoms with van der Waals surface area (Å²) in [4.78, 5) is 24.0. The quantitative estimate of drug-likeness (QED) is 0.220. The van der Waals surface area contributed by atoms with E-state index >= 15 is 0 Å². The van der Waals surface area contributed by atoms with E-state index in [1.807, 2.05) is 24.3 Å². The van der Waals surface area contributed by atoms with Gasteiger partial charge in [0.15, 0.2) is 0 Å². The third-order valence-electron chi connectivity index (χ3n) is 7.06. The molecule has 1 unspecified atom stereocenters. The lowest BCUT2D eigenvalue weighted by Gasteiger charge is -2.24. The molecule has 1 aliphatic carbocycles. The highest BCUT2D eigenvalue weighted by molar-refractivity contribution is 5.89. The number of esters is 2. The van der Waals surface area contributed by atoms with Crippen LogP contribution in [0.3, 0.4) is 0 Å². The van der Waals surface area contributed by atoms with Crippen LogP contribution in [0.4, 0.5) is 4.39 Å². The molecule has 0 saturated heterocycles. The van der Waals surface area contributed by atoms with Gasteiger partial charge in [0.05, 0.1) is 12.7 Å². The lowest BCUT2D eigenvalue weighted by molar-refractivity contribution is -0.184. The van der Waals surface area contributed by atoms with Gasteiger partial charge in [0.2, 0.25) is 0 Å². The van der Waals surface area contributed by atoms with E-state index in [1.165, 1.54) is 19.3 Å². The summed E-state index contributed by atoms with van der Waals surface area (Å²) in [6.45, 7) is 6.81. The minimum Gasteiger partial charge on any atom is -0.465 e. The zero-order valence-corrected chi connectivity index (χ0v) is 22.3. The SMILES string of the molecule is CCCCC(C)(C)CC=C[C@H]1CC[C@H](OC(=O)c2ccccc2)[C@@H]1CC=CCCC(O)(F)C(=O)OC. The summed E-state index contributed by atoms with van der Waals surface area (Å²) in [5, 5.41) is 9.56. The van der Waals surface area contributed by atoms with Gasteiger partial charge >= 0.3 is 17.8 Å². The van der Waals surface area contributed by atoms with E-state index in [2.05, 4.69) is 37.7 Å². The molecule has 0 bridgehead atoms. The largest absolute Gasteiger partial charge is 0.465 e. The molecule has 1 aromatic rings. The van der Waals surface area contributed by atoms with E-state index in [0.29, 0.717) is 12.0 Å². The van der Waals surface area contributed by atoms with Gasteiger partial charge in [-0.3, -0.25) is 0 Å². The van der Waals surface area contributed by atoms with Crippen LogP contribution >= 0.6 is 0 Å². The Kier molecular flexibility index (Phi) is 11.8. The van der Waals surface area contributed by atoms with Crippen molar-refractivity contribution in [1.82, 2.24) is 0 Å².